The molecule has 19 heavy (non-hydrogen) atoms. The summed E-state index contributed by atoms with van der Waals surface area (Å²) in [6.45, 7) is 4.65. The highest BCUT2D eigenvalue weighted by Gasteiger charge is 2.33. The summed E-state index contributed by atoms with van der Waals surface area (Å²) in [6, 6.07) is 8.24. The van der Waals surface area contributed by atoms with Gasteiger partial charge in [0.2, 0.25) is 5.91 Å². The second kappa shape index (κ2) is 5.97. The summed E-state index contributed by atoms with van der Waals surface area (Å²) in [6.07, 6.45) is 2.56. The summed E-state index contributed by atoms with van der Waals surface area (Å²) >= 11 is 1.66. The molecule has 0 fully saturated rings. The van der Waals surface area contributed by atoms with Crippen molar-refractivity contribution in [1.29, 1.82) is 0 Å². The van der Waals surface area contributed by atoms with E-state index < -0.39 is 0 Å². The Kier molecular flexibility index (Phi) is 4.53. The van der Waals surface area contributed by atoms with Crippen molar-refractivity contribution in [1.82, 2.24) is 5.32 Å². The lowest BCUT2D eigenvalue weighted by Gasteiger charge is -2.32. The molecule has 1 aliphatic rings. The highest BCUT2D eigenvalue weighted by atomic mass is 32.2. The molecule has 0 saturated heterocycles. The fourth-order valence-corrected chi connectivity index (χ4v) is 3.63. The van der Waals surface area contributed by atoms with Crippen molar-refractivity contribution in [3.63, 3.8) is 0 Å². The van der Waals surface area contributed by atoms with Crippen LogP contribution in [0.2, 0.25) is 0 Å². The first-order chi connectivity index (χ1) is 9.14. The van der Waals surface area contributed by atoms with Crippen LogP contribution in [0.1, 0.15) is 32.3 Å². The van der Waals surface area contributed by atoms with E-state index in [9.17, 15) is 4.79 Å². The van der Waals surface area contributed by atoms with Crippen LogP contribution in [0, 0.1) is 0 Å². The molecular weight excluding hydrogens is 256 g/mol. The second-order valence-electron chi connectivity index (χ2n) is 5.10. The quantitative estimate of drug-likeness (QED) is 0.869. The van der Waals surface area contributed by atoms with Gasteiger partial charge in [0.05, 0.1) is 10.8 Å². The average molecular weight is 278 g/mol. The van der Waals surface area contributed by atoms with E-state index in [-0.39, 0.29) is 16.7 Å². The minimum absolute atomic E-state index is 0.0126. The average Bonchev–Trinajstić information content (AvgIpc) is 2.89. The van der Waals surface area contributed by atoms with Gasteiger partial charge in [-0.2, -0.15) is 0 Å². The molecule has 1 atom stereocenters. The Morgan fingerprint density at radius 2 is 2.11 bits per heavy atom. The maximum Gasteiger partial charge on any atom is 0.234 e. The van der Waals surface area contributed by atoms with Gasteiger partial charge in [0, 0.05) is 11.4 Å². The number of rotatable bonds is 5. The summed E-state index contributed by atoms with van der Waals surface area (Å²) in [7, 11) is 0. The fourth-order valence-electron chi connectivity index (χ4n) is 2.44. The van der Waals surface area contributed by atoms with E-state index in [4.69, 9.17) is 5.73 Å². The number of hydrogen-bond donors (Lipinski definition) is 2. The summed E-state index contributed by atoms with van der Waals surface area (Å²) in [5.74, 6) is 0.121. The van der Waals surface area contributed by atoms with Gasteiger partial charge in [0.25, 0.3) is 0 Å². The summed E-state index contributed by atoms with van der Waals surface area (Å²) < 4.78 is 0. The lowest BCUT2D eigenvalue weighted by molar-refractivity contribution is -0.122. The SMILES string of the molecule is CCC(CC)(CN)NC(=O)C1Cc2ccccc2S1. The normalized spacial score (nSPS) is 18.2. The largest absolute Gasteiger partial charge is 0.348 e. The number of amides is 1. The van der Waals surface area contributed by atoms with E-state index in [1.165, 1.54) is 10.5 Å². The van der Waals surface area contributed by atoms with E-state index in [2.05, 4.69) is 31.3 Å². The molecule has 104 valence electrons. The predicted molar refractivity (Wildman–Crippen MR) is 80.3 cm³/mol. The third kappa shape index (κ3) is 2.95. The molecular formula is C15H22N2OS. The molecule has 0 bridgehead atoms. The zero-order valence-corrected chi connectivity index (χ0v) is 12.4. The van der Waals surface area contributed by atoms with Crippen LogP contribution in [-0.4, -0.2) is 23.2 Å². The van der Waals surface area contributed by atoms with Crippen molar-refractivity contribution in [2.24, 2.45) is 5.73 Å². The first-order valence-electron chi connectivity index (χ1n) is 6.90. The number of carbonyl (C=O) groups excluding carboxylic acids is 1. The molecule has 0 aromatic heterocycles. The molecule has 2 rings (SSSR count). The zero-order valence-electron chi connectivity index (χ0n) is 11.6. The predicted octanol–water partition coefficient (Wildman–Crippen LogP) is 2.34. The van der Waals surface area contributed by atoms with Crippen LogP contribution < -0.4 is 11.1 Å². The smallest absolute Gasteiger partial charge is 0.234 e. The molecule has 0 aliphatic carbocycles. The third-order valence-corrected chi connectivity index (χ3v) is 5.39. The lowest BCUT2D eigenvalue weighted by atomic mass is 9.92. The first kappa shape index (κ1) is 14.4. The summed E-state index contributed by atoms with van der Waals surface area (Å²) in [4.78, 5) is 13.6. The molecule has 1 unspecified atom stereocenters. The highest BCUT2D eigenvalue weighted by molar-refractivity contribution is 8.01. The van der Waals surface area contributed by atoms with E-state index in [0.717, 1.165) is 19.3 Å². The molecule has 4 heteroatoms. The zero-order chi connectivity index (χ0) is 13.9. The minimum atomic E-state index is -0.244. The Balaban J connectivity index is 2.03. The fraction of sp³-hybridized carbons (Fsp3) is 0.533. The van der Waals surface area contributed by atoms with Gasteiger partial charge in [0.1, 0.15) is 0 Å². The van der Waals surface area contributed by atoms with Crippen LogP contribution in [0.25, 0.3) is 0 Å². The molecule has 1 aromatic carbocycles. The standard InChI is InChI=1S/C15H22N2OS/c1-3-15(4-2,10-16)17-14(18)13-9-11-7-5-6-8-12(11)19-13/h5-8,13H,3-4,9-10,16H2,1-2H3,(H,17,18). The number of thioether (sulfide) groups is 1. The van der Waals surface area contributed by atoms with Gasteiger partial charge in [-0.15, -0.1) is 11.8 Å². The first-order valence-corrected chi connectivity index (χ1v) is 7.78. The molecule has 0 saturated carbocycles. The molecule has 1 aromatic rings. The maximum atomic E-state index is 12.4. The molecule has 0 spiro atoms. The highest BCUT2D eigenvalue weighted by Crippen LogP contribution is 2.37. The molecule has 0 radical (unpaired) electrons. The van der Waals surface area contributed by atoms with Gasteiger partial charge in [-0.1, -0.05) is 32.0 Å². The van der Waals surface area contributed by atoms with Crippen LogP contribution in [-0.2, 0) is 11.2 Å². The van der Waals surface area contributed by atoms with Gasteiger partial charge in [-0.25, -0.2) is 0 Å². The second-order valence-corrected chi connectivity index (χ2v) is 6.34. The van der Waals surface area contributed by atoms with Crippen LogP contribution in [0.5, 0.6) is 0 Å². The van der Waals surface area contributed by atoms with Crippen LogP contribution in [0.3, 0.4) is 0 Å². The maximum absolute atomic E-state index is 12.4. The molecule has 3 nitrogen and oxygen atoms in total. The number of hydrogen-bond acceptors (Lipinski definition) is 3. The molecule has 3 N–H and O–H groups in total. The van der Waals surface area contributed by atoms with Crippen molar-refractivity contribution < 1.29 is 4.79 Å². The number of nitrogens with one attached hydrogen (secondary N) is 1. The Morgan fingerprint density at radius 1 is 1.42 bits per heavy atom. The van der Waals surface area contributed by atoms with E-state index >= 15 is 0 Å². The Morgan fingerprint density at radius 3 is 2.68 bits per heavy atom. The Labute approximate surface area is 119 Å². The van der Waals surface area contributed by atoms with Crippen molar-refractivity contribution in [2.75, 3.05) is 6.54 Å². The molecule has 1 heterocycles. The van der Waals surface area contributed by atoms with E-state index in [1.54, 1.807) is 11.8 Å². The van der Waals surface area contributed by atoms with Gasteiger partial charge in [0.15, 0.2) is 0 Å². The number of benzene rings is 1. The van der Waals surface area contributed by atoms with Crippen LogP contribution in [0.15, 0.2) is 29.2 Å². The van der Waals surface area contributed by atoms with Crippen LogP contribution in [0.4, 0.5) is 0 Å². The Bertz CT molecular complexity index is 424. The number of fused-ring (bicyclic) bond motifs is 1. The summed E-state index contributed by atoms with van der Waals surface area (Å²) in [5, 5.41) is 3.16. The van der Waals surface area contributed by atoms with Crippen molar-refractivity contribution >= 4 is 17.7 Å². The van der Waals surface area contributed by atoms with Crippen molar-refractivity contribution in [3.8, 4) is 0 Å². The van der Waals surface area contributed by atoms with Gasteiger partial charge >= 0.3 is 0 Å². The van der Waals surface area contributed by atoms with Crippen LogP contribution >= 0.6 is 11.8 Å². The van der Waals surface area contributed by atoms with Crippen molar-refractivity contribution in [2.45, 2.75) is 48.8 Å². The van der Waals surface area contributed by atoms with Gasteiger partial charge in [-0.3, -0.25) is 4.79 Å². The molecule has 1 amide bonds. The summed E-state index contributed by atoms with van der Waals surface area (Å²) in [5.41, 5.74) is 6.87. The third-order valence-electron chi connectivity index (χ3n) is 4.07. The number of nitrogens with two attached hydrogens (primary N) is 1. The lowest BCUT2D eigenvalue weighted by Crippen LogP contribution is -2.55. The van der Waals surface area contributed by atoms with Crippen molar-refractivity contribution in [3.05, 3.63) is 29.8 Å². The minimum Gasteiger partial charge on any atom is -0.348 e. The molecule has 1 aliphatic heterocycles. The van der Waals surface area contributed by atoms with Gasteiger partial charge in [-0.05, 0) is 30.9 Å². The monoisotopic (exact) mass is 278 g/mol. The number of carbonyl (C=O) groups is 1. The van der Waals surface area contributed by atoms with E-state index in [0.29, 0.717) is 6.54 Å². The topological polar surface area (TPSA) is 55.1 Å². The Hall–Kier alpha value is -1.00. The van der Waals surface area contributed by atoms with Gasteiger partial charge < -0.3 is 11.1 Å². The van der Waals surface area contributed by atoms with E-state index in [1.807, 2.05) is 12.1 Å².